The molecule has 2 atom stereocenters. The van der Waals surface area contributed by atoms with Gasteiger partial charge in [0.05, 0.1) is 10.9 Å². The van der Waals surface area contributed by atoms with E-state index in [1.54, 1.807) is 36.4 Å². The fraction of sp³-hybridized carbons (Fsp3) is 0.321. The Morgan fingerprint density at radius 1 is 1.03 bits per heavy atom. The topological polar surface area (TPSA) is 82.1 Å². The van der Waals surface area contributed by atoms with Crippen LogP contribution in [0.25, 0.3) is 11.1 Å². The van der Waals surface area contributed by atoms with Gasteiger partial charge in [-0.05, 0) is 62.1 Å². The van der Waals surface area contributed by atoms with Crippen molar-refractivity contribution < 1.29 is 28.3 Å². The number of phenols is 1. The van der Waals surface area contributed by atoms with E-state index < -0.39 is 19.9 Å². The Morgan fingerprint density at radius 2 is 1.77 bits per heavy atom. The maximum Gasteiger partial charge on any atom is 0.413 e. The molecule has 0 aromatic heterocycles. The lowest BCUT2D eigenvalue weighted by Crippen LogP contribution is -2.21. The number of ether oxygens (including phenoxy) is 1. The first-order valence-corrected chi connectivity index (χ1v) is 13.4. The Bertz CT molecular complexity index is 1190. The molecule has 3 aromatic rings. The molecule has 0 aliphatic rings. The average molecular weight is 497 g/mol. The highest BCUT2D eigenvalue weighted by molar-refractivity contribution is 7.62. The molecule has 3 aromatic carbocycles. The zero-order chi connectivity index (χ0) is 25.4. The number of carbonyl (C=O) groups is 1. The second kappa shape index (κ2) is 12.1. The Hall–Kier alpha value is -3.08. The van der Waals surface area contributed by atoms with E-state index in [1.165, 1.54) is 13.8 Å². The Morgan fingerprint density at radius 3 is 2.43 bits per heavy atom. The molecule has 0 radical (unpaired) electrons. The third-order valence-corrected chi connectivity index (χ3v) is 7.37. The van der Waals surface area contributed by atoms with E-state index in [9.17, 15) is 14.5 Å². The third kappa shape index (κ3) is 7.20. The van der Waals surface area contributed by atoms with E-state index in [4.69, 9.17) is 13.8 Å². The Labute approximate surface area is 207 Å². The van der Waals surface area contributed by atoms with Gasteiger partial charge in [-0.1, -0.05) is 67.8 Å². The van der Waals surface area contributed by atoms with Crippen molar-refractivity contribution in [3.05, 3.63) is 77.9 Å². The van der Waals surface area contributed by atoms with Gasteiger partial charge in [0.25, 0.3) is 0 Å². The first-order chi connectivity index (χ1) is 16.7. The number of hydrogen-bond acceptors (Lipinski definition) is 6. The monoisotopic (exact) mass is 496 g/mol. The molecule has 0 amide bonds. The maximum atomic E-state index is 14.2. The van der Waals surface area contributed by atoms with Crippen molar-refractivity contribution in [2.24, 2.45) is 0 Å². The van der Waals surface area contributed by atoms with E-state index >= 15 is 0 Å². The molecule has 186 valence electrons. The molecule has 0 aliphatic heterocycles. The van der Waals surface area contributed by atoms with Gasteiger partial charge >= 0.3 is 13.6 Å². The smallest absolute Gasteiger partial charge is 0.413 e. The van der Waals surface area contributed by atoms with Gasteiger partial charge in [0.15, 0.2) is 0 Å². The SMILES string of the molecule is CCCCCc1cc(O)c(-c2cccc(C)c2)c(OP(=O)(OC(C)OC(C)=O)c2ccccc2)c1. The molecule has 35 heavy (non-hydrogen) atoms. The van der Waals surface area contributed by atoms with Crippen LogP contribution in [0.15, 0.2) is 66.7 Å². The molecular formula is C28H33O6P. The lowest BCUT2D eigenvalue weighted by molar-refractivity contribution is -0.158. The standard InChI is InChI=1S/C28H33O6P/c1-5-6-8-13-23-18-26(30)28(24-14-11-12-20(2)17-24)27(19-23)34-35(31,25-15-9-7-10-16-25)33-22(4)32-21(3)29/h7,9-12,14-19,22,30H,5-6,8,13H2,1-4H3. The van der Waals surface area contributed by atoms with Crippen LogP contribution < -0.4 is 9.83 Å². The van der Waals surface area contributed by atoms with Gasteiger partial charge in [-0.15, -0.1) is 0 Å². The Kier molecular flexibility index (Phi) is 9.13. The molecule has 2 unspecified atom stereocenters. The minimum atomic E-state index is -4.02. The van der Waals surface area contributed by atoms with E-state index in [0.29, 0.717) is 10.9 Å². The van der Waals surface area contributed by atoms with Crippen molar-refractivity contribution in [2.45, 2.75) is 59.7 Å². The van der Waals surface area contributed by atoms with Crippen molar-refractivity contribution in [1.29, 1.82) is 0 Å². The van der Waals surface area contributed by atoms with Gasteiger partial charge < -0.3 is 14.4 Å². The molecule has 6 nitrogen and oxygen atoms in total. The van der Waals surface area contributed by atoms with Crippen LogP contribution in [-0.2, 0) is 25.0 Å². The molecule has 0 aliphatic carbocycles. The minimum absolute atomic E-state index is 0.0345. The molecule has 1 N–H and O–H groups in total. The van der Waals surface area contributed by atoms with Crippen molar-refractivity contribution >= 4 is 18.9 Å². The molecule has 0 spiro atoms. The highest BCUT2D eigenvalue weighted by atomic mass is 31.2. The summed E-state index contributed by atoms with van der Waals surface area (Å²) in [5.41, 5.74) is 3.03. The van der Waals surface area contributed by atoms with Crippen LogP contribution in [0.1, 0.15) is 51.2 Å². The summed E-state index contributed by atoms with van der Waals surface area (Å²) in [6, 6.07) is 19.7. The van der Waals surface area contributed by atoms with Crippen LogP contribution >= 0.6 is 7.60 Å². The van der Waals surface area contributed by atoms with E-state index in [1.807, 2.05) is 37.3 Å². The van der Waals surface area contributed by atoms with Crippen LogP contribution in [0.3, 0.4) is 0 Å². The third-order valence-electron chi connectivity index (χ3n) is 5.43. The second-order valence-corrected chi connectivity index (χ2v) is 10.4. The number of unbranched alkanes of at least 4 members (excludes halogenated alkanes) is 2. The normalized spacial score (nSPS) is 13.6. The highest BCUT2D eigenvalue weighted by Crippen LogP contribution is 2.52. The maximum absolute atomic E-state index is 14.2. The average Bonchev–Trinajstić information content (AvgIpc) is 2.79. The minimum Gasteiger partial charge on any atom is -0.507 e. The molecule has 0 heterocycles. The number of aryl methyl sites for hydroxylation is 2. The molecular weight excluding hydrogens is 463 g/mol. The number of aromatic hydroxyl groups is 1. The van der Waals surface area contributed by atoms with Gasteiger partial charge in [-0.3, -0.25) is 9.32 Å². The molecule has 0 saturated carbocycles. The van der Waals surface area contributed by atoms with Crippen molar-refractivity contribution in [1.82, 2.24) is 0 Å². The summed E-state index contributed by atoms with van der Waals surface area (Å²) in [6.07, 6.45) is 2.72. The van der Waals surface area contributed by atoms with E-state index in [-0.39, 0.29) is 11.5 Å². The summed E-state index contributed by atoms with van der Waals surface area (Å²) in [6.45, 7) is 6.83. The zero-order valence-corrected chi connectivity index (χ0v) is 21.6. The summed E-state index contributed by atoms with van der Waals surface area (Å²) < 4.78 is 31.2. The fourth-order valence-electron chi connectivity index (χ4n) is 3.87. The molecule has 7 heteroatoms. The molecule has 0 bridgehead atoms. The van der Waals surface area contributed by atoms with Gasteiger partial charge in [0.1, 0.15) is 11.5 Å². The number of esters is 1. The first-order valence-electron chi connectivity index (χ1n) is 11.9. The first kappa shape index (κ1) is 26.5. The summed E-state index contributed by atoms with van der Waals surface area (Å²) in [7, 11) is -4.02. The van der Waals surface area contributed by atoms with Crippen LogP contribution in [0, 0.1) is 6.92 Å². The summed E-state index contributed by atoms with van der Waals surface area (Å²) in [5.74, 6) is -0.287. The number of hydrogen-bond donors (Lipinski definition) is 1. The van der Waals surface area contributed by atoms with Gasteiger partial charge in [-0.2, -0.15) is 0 Å². The largest absolute Gasteiger partial charge is 0.507 e. The quantitative estimate of drug-likeness (QED) is 0.134. The Balaban J connectivity index is 2.12. The molecule has 3 rings (SSSR count). The van der Waals surface area contributed by atoms with Gasteiger partial charge in [0.2, 0.25) is 6.29 Å². The number of phenolic OH excluding ortho intramolecular Hbond substituents is 1. The van der Waals surface area contributed by atoms with Gasteiger partial charge in [0, 0.05) is 6.92 Å². The molecule has 0 fully saturated rings. The lowest BCUT2D eigenvalue weighted by atomic mass is 9.98. The summed E-state index contributed by atoms with van der Waals surface area (Å²) >= 11 is 0. The van der Waals surface area contributed by atoms with Gasteiger partial charge in [-0.25, -0.2) is 4.57 Å². The van der Waals surface area contributed by atoms with Crippen LogP contribution in [-0.4, -0.2) is 17.4 Å². The van der Waals surface area contributed by atoms with E-state index in [0.717, 1.165) is 42.4 Å². The number of rotatable bonds is 11. The summed E-state index contributed by atoms with van der Waals surface area (Å²) in [5, 5.41) is 11.4. The summed E-state index contributed by atoms with van der Waals surface area (Å²) in [4.78, 5) is 11.5. The number of benzene rings is 3. The lowest BCUT2D eigenvalue weighted by Gasteiger charge is -2.25. The van der Waals surface area contributed by atoms with Crippen LogP contribution in [0.4, 0.5) is 0 Å². The van der Waals surface area contributed by atoms with Crippen molar-refractivity contribution in [3.63, 3.8) is 0 Å². The highest BCUT2D eigenvalue weighted by Gasteiger charge is 2.34. The van der Waals surface area contributed by atoms with Crippen LogP contribution in [0.5, 0.6) is 11.5 Å². The van der Waals surface area contributed by atoms with Crippen molar-refractivity contribution in [3.8, 4) is 22.6 Å². The van der Waals surface area contributed by atoms with E-state index in [2.05, 4.69) is 6.92 Å². The predicted molar refractivity (Wildman–Crippen MR) is 138 cm³/mol. The number of carbonyl (C=O) groups excluding carboxylic acids is 1. The van der Waals surface area contributed by atoms with Crippen LogP contribution in [0.2, 0.25) is 0 Å². The second-order valence-electron chi connectivity index (χ2n) is 8.52. The van der Waals surface area contributed by atoms with Crippen molar-refractivity contribution in [2.75, 3.05) is 0 Å². The predicted octanol–water partition coefficient (Wildman–Crippen LogP) is 6.92. The molecule has 0 saturated heterocycles. The zero-order valence-electron chi connectivity index (χ0n) is 20.7. The fourth-order valence-corrected chi connectivity index (χ4v) is 5.51.